The lowest BCUT2D eigenvalue weighted by Gasteiger charge is -2.22. The third kappa shape index (κ3) is 2.56. The number of rotatable bonds is 4. The molecule has 5 heteroatoms. The quantitative estimate of drug-likeness (QED) is 0.628. The smallest absolute Gasteiger partial charge is 0.306 e. The molecule has 0 aliphatic carbocycles. The number of amides is 1. The Morgan fingerprint density at radius 2 is 2.25 bits per heavy atom. The highest BCUT2D eigenvalue weighted by molar-refractivity contribution is 9.09. The monoisotopic (exact) mass is 289 g/mol. The highest BCUT2D eigenvalue weighted by Gasteiger charge is 2.41. The van der Waals surface area contributed by atoms with Gasteiger partial charge >= 0.3 is 5.97 Å². The van der Waals surface area contributed by atoms with Crippen molar-refractivity contribution >= 4 is 27.8 Å². The number of esters is 1. The highest BCUT2D eigenvalue weighted by Crippen LogP contribution is 2.32. The summed E-state index contributed by atoms with van der Waals surface area (Å²) in [6.07, 6.45) is 3.75. The van der Waals surface area contributed by atoms with E-state index in [1.54, 1.807) is 0 Å². The minimum absolute atomic E-state index is 0.00606. The lowest BCUT2D eigenvalue weighted by molar-refractivity contribution is -0.141. The Morgan fingerprint density at radius 1 is 1.44 bits per heavy atom. The third-order valence-electron chi connectivity index (χ3n) is 3.33. The Bertz CT molecular complexity index is 295. The van der Waals surface area contributed by atoms with Crippen LogP contribution in [0.25, 0.3) is 0 Å². The van der Waals surface area contributed by atoms with Gasteiger partial charge in [0.15, 0.2) is 0 Å². The largest absolute Gasteiger partial charge is 0.462 e. The van der Waals surface area contributed by atoms with Crippen LogP contribution in [-0.2, 0) is 14.3 Å². The summed E-state index contributed by atoms with van der Waals surface area (Å²) in [5.74, 6) is 0.160. The maximum absolute atomic E-state index is 11.3. The molecule has 3 atom stereocenters. The van der Waals surface area contributed by atoms with Crippen LogP contribution in [0.2, 0.25) is 0 Å². The average molecular weight is 290 g/mol. The van der Waals surface area contributed by atoms with Gasteiger partial charge in [0.25, 0.3) is 0 Å². The molecule has 0 aromatic rings. The van der Waals surface area contributed by atoms with Crippen molar-refractivity contribution < 1.29 is 14.3 Å². The molecule has 2 fully saturated rings. The van der Waals surface area contributed by atoms with Crippen molar-refractivity contribution in [1.82, 2.24) is 5.32 Å². The van der Waals surface area contributed by atoms with Crippen LogP contribution in [0, 0.1) is 5.92 Å². The molecular weight excluding hydrogens is 274 g/mol. The van der Waals surface area contributed by atoms with E-state index in [9.17, 15) is 9.59 Å². The molecule has 0 spiro atoms. The topological polar surface area (TPSA) is 55.4 Å². The van der Waals surface area contributed by atoms with E-state index in [4.69, 9.17) is 4.74 Å². The second-order valence-corrected chi connectivity index (χ2v) is 5.23. The molecule has 0 bridgehead atoms. The lowest BCUT2D eigenvalue weighted by Crippen LogP contribution is -2.37. The first-order chi connectivity index (χ1) is 7.70. The summed E-state index contributed by atoms with van der Waals surface area (Å²) in [6.45, 7) is 0. The molecular formula is C11H16BrNO3. The summed E-state index contributed by atoms with van der Waals surface area (Å²) in [4.78, 5) is 22.5. The van der Waals surface area contributed by atoms with Gasteiger partial charge in [0.1, 0.15) is 6.10 Å². The molecule has 0 aromatic carbocycles. The van der Waals surface area contributed by atoms with Crippen molar-refractivity contribution in [2.24, 2.45) is 5.92 Å². The van der Waals surface area contributed by atoms with E-state index >= 15 is 0 Å². The van der Waals surface area contributed by atoms with Crippen molar-refractivity contribution in [3.8, 4) is 0 Å². The minimum Gasteiger partial charge on any atom is -0.462 e. The van der Waals surface area contributed by atoms with E-state index in [0.29, 0.717) is 12.8 Å². The highest BCUT2D eigenvalue weighted by atomic mass is 79.9. The van der Waals surface area contributed by atoms with Gasteiger partial charge in [0.2, 0.25) is 5.91 Å². The Morgan fingerprint density at radius 3 is 2.88 bits per heavy atom. The number of cyclic esters (lactones) is 1. The molecule has 1 unspecified atom stereocenters. The molecule has 0 aromatic heterocycles. The van der Waals surface area contributed by atoms with E-state index < -0.39 is 0 Å². The minimum atomic E-state index is -0.120. The van der Waals surface area contributed by atoms with Gasteiger partial charge in [-0.3, -0.25) is 9.59 Å². The van der Waals surface area contributed by atoms with Crippen molar-refractivity contribution in [3.63, 3.8) is 0 Å². The van der Waals surface area contributed by atoms with Crippen LogP contribution in [-0.4, -0.2) is 29.4 Å². The number of halogens is 1. The SMILES string of the molecule is O=C1CC[C@H]([C@@H]2CC(=O)OC2CCCBr)N1. The average Bonchev–Trinajstić information content (AvgIpc) is 2.81. The lowest BCUT2D eigenvalue weighted by atomic mass is 9.89. The van der Waals surface area contributed by atoms with Gasteiger partial charge in [-0.25, -0.2) is 0 Å². The number of carbonyl (C=O) groups is 2. The number of carbonyl (C=O) groups excluding carboxylic acids is 2. The van der Waals surface area contributed by atoms with E-state index in [0.717, 1.165) is 24.6 Å². The van der Waals surface area contributed by atoms with Crippen LogP contribution in [0.1, 0.15) is 32.1 Å². The summed E-state index contributed by atoms with van der Waals surface area (Å²) >= 11 is 3.37. The molecule has 2 saturated heterocycles. The van der Waals surface area contributed by atoms with Crippen LogP contribution in [0.15, 0.2) is 0 Å². The third-order valence-corrected chi connectivity index (χ3v) is 3.89. The molecule has 0 saturated carbocycles. The van der Waals surface area contributed by atoms with Gasteiger partial charge in [0.05, 0.1) is 6.42 Å². The fraction of sp³-hybridized carbons (Fsp3) is 0.818. The summed E-state index contributed by atoms with van der Waals surface area (Å²) < 4.78 is 5.31. The number of ether oxygens (including phenoxy) is 1. The second-order valence-electron chi connectivity index (χ2n) is 4.44. The number of hydrogen-bond acceptors (Lipinski definition) is 3. The Hall–Kier alpha value is -0.580. The van der Waals surface area contributed by atoms with Crippen molar-refractivity contribution in [2.45, 2.75) is 44.2 Å². The van der Waals surface area contributed by atoms with Crippen molar-refractivity contribution in [3.05, 3.63) is 0 Å². The maximum atomic E-state index is 11.3. The van der Waals surface area contributed by atoms with Crippen LogP contribution in [0.3, 0.4) is 0 Å². The fourth-order valence-electron chi connectivity index (χ4n) is 2.54. The Kier molecular flexibility index (Phi) is 3.84. The zero-order valence-electron chi connectivity index (χ0n) is 9.08. The molecule has 2 aliphatic rings. The van der Waals surface area contributed by atoms with Crippen molar-refractivity contribution in [1.29, 1.82) is 0 Å². The molecule has 2 rings (SSSR count). The molecule has 16 heavy (non-hydrogen) atoms. The van der Waals surface area contributed by atoms with Crippen LogP contribution >= 0.6 is 15.9 Å². The standard InChI is InChI=1S/C11H16BrNO3/c12-5-1-2-9-7(6-11(15)16-9)8-3-4-10(14)13-8/h7-9H,1-6H2,(H,13,14)/t7-,8+,9?/m0/s1. The van der Waals surface area contributed by atoms with E-state index in [2.05, 4.69) is 21.2 Å². The predicted molar refractivity (Wildman–Crippen MR) is 62.2 cm³/mol. The van der Waals surface area contributed by atoms with Crippen molar-refractivity contribution in [2.75, 3.05) is 5.33 Å². The first kappa shape index (κ1) is 11.9. The maximum Gasteiger partial charge on any atom is 0.306 e. The number of alkyl halides is 1. The van der Waals surface area contributed by atoms with Crippen LogP contribution < -0.4 is 5.32 Å². The summed E-state index contributed by atoms with van der Waals surface area (Å²) in [5, 5.41) is 3.86. The Balaban J connectivity index is 1.95. The molecule has 2 aliphatic heterocycles. The van der Waals surface area contributed by atoms with Gasteiger partial charge in [-0.2, -0.15) is 0 Å². The van der Waals surface area contributed by atoms with E-state index in [1.165, 1.54) is 0 Å². The Labute approximate surface area is 103 Å². The fourth-order valence-corrected chi connectivity index (χ4v) is 2.86. The van der Waals surface area contributed by atoms with E-state index in [-0.39, 0.29) is 29.9 Å². The summed E-state index contributed by atoms with van der Waals surface area (Å²) in [7, 11) is 0. The predicted octanol–water partition coefficient (Wildman–Crippen LogP) is 1.37. The summed E-state index contributed by atoms with van der Waals surface area (Å²) in [5.41, 5.74) is 0. The first-order valence-electron chi connectivity index (χ1n) is 5.75. The van der Waals surface area contributed by atoms with Gasteiger partial charge < -0.3 is 10.1 Å². The molecule has 4 nitrogen and oxygen atoms in total. The van der Waals surface area contributed by atoms with E-state index in [1.807, 2.05) is 0 Å². The zero-order chi connectivity index (χ0) is 11.5. The molecule has 2 heterocycles. The number of hydrogen-bond donors (Lipinski definition) is 1. The second kappa shape index (κ2) is 5.17. The van der Waals surface area contributed by atoms with Crippen LogP contribution in [0.5, 0.6) is 0 Å². The molecule has 1 N–H and O–H groups in total. The van der Waals surface area contributed by atoms with Gasteiger partial charge in [-0.1, -0.05) is 15.9 Å². The zero-order valence-corrected chi connectivity index (χ0v) is 10.7. The summed E-state index contributed by atoms with van der Waals surface area (Å²) in [6, 6.07) is 0.138. The number of nitrogens with one attached hydrogen (secondary N) is 1. The van der Waals surface area contributed by atoms with Gasteiger partial charge in [-0.05, 0) is 19.3 Å². The first-order valence-corrected chi connectivity index (χ1v) is 6.87. The molecule has 90 valence electrons. The normalized spacial score (nSPS) is 33.9. The van der Waals surface area contributed by atoms with Gasteiger partial charge in [0, 0.05) is 23.7 Å². The molecule has 0 radical (unpaired) electrons. The molecule has 1 amide bonds. The van der Waals surface area contributed by atoms with Crippen LogP contribution in [0.4, 0.5) is 0 Å². The van der Waals surface area contributed by atoms with Gasteiger partial charge in [-0.15, -0.1) is 0 Å².